The molecule has 0 radical (unpaired) electrons. The zero-order valence-corrected chi connectivity index (χ0v) is 26.2. The first-order chi connectivity index (χ1) is 18.5. The summed E-state index contributed by atoms with van der Waals surface area (Å²) in [6.45, 7) is 22.5. The minimum absolute atomic E-state index is 0.239. The largest absolute Gasteiger partial charge is 0.461 e. The van der Waals surface area contributed by atoms with Crippen LogP contribution in [0.1, 0.15) is 84.8 Å². The van der Waals surface area contributed by atoms with Crippen molar-refractivity contribution in [2.45, 2.75) is 98.0 Å². The van der Waals surface area contributed by atoms with Gasteiger partial charge in [0.2, 0.25) is 0 Å². The molecule has 0 aliphatic heterocycles. The summed E-state index contributed by atoms with van der Waals surface area (Å²) in [4.78, 5) is 17.5. The standard InChI is InChI=1S/C29H42FN3O3S.C2H6/c1-9-35-29(34)28-27(32-25-12-11-22(8)17-24(25)30)23-18-31-14-13-26(23)33(28)15-10-16-36-37(19(2)3,20(4)5)21(6)7;1-2/h11-14,17-21,32H,9-10,15-16H2,1-8H3;1-2H3. The Hall–Kier alpha value is -2.58. The van der Waals surface area contributed by atoms with Crippen LogP contribution in [0.3, 0.4) is 0 Å². The lowest BCUT2D eigenvalue weighted by molar-refractivity contribution is 0.0515. The van der Waals surface area contributed by atoms with Gasteiger partial charge in [-0.05, 0) is 44.0 Å². The lowest BCUT2D eigenvalue weighted by Gasteiger charge is -2.50. The van der Waals surface area contributed by atoms with Crippen LogP contribution in [0.2, 0.25) is 0 Å². The van der Waals surface area contributed by atoms with E-state index in [9.17, 15) is 9.18 Å². The molecule has 0 aliphatic carbocycles. The molecule has 0 saturated carbocycles. The summed E-state index contributed by atoms with van der Waals surface area (Å²) in [6, 6.07) is 6.85. The smallest absolute Gasteiger partial charge is 0.357 e. The number of anilines is 2. The fourth-order valence-corrected chi connectivity index (χ4v) is 9.78. The van der Waals surface area contributed by atoms with Crippen molar-refractivity contribution in [2.24, 2.45) is 0 Å². The van der Waals surface area contributed by atoms with Crippen LogP contribution in [0.25, 0.3) is 10.9 Å². The summed E-state index contributed by atoms with van der Waals surface area (Å²) < 4.78 is 28.9. The molecule has 0 spiro atoms. The lowest BCUT2D eigenvalue weighted by atomic mass is 10.2. The Morgan fingerprint density at radius 2 is 1.72 bits per heavy atom. The molecule has 0 bridgehead atoms. The van der Waals surface area contributed by atoms with E-state index in [2.05, 4.69) is 51.8 Å². The third-order valence-electron chi connectivity index (χ3n) is 6.74. The van der Waals surface area contributed by atoms with Gasteiger partial charge in [0, 0.05) is 40.1 Å². The van der Waals surface area contributed by atoms with E-state index in [0.29, 0.717) is 46.0 Å². The maximum Gasteiger partial charge on any atom is 0.357 e. The van der Waals surface area contributed by atoms with E-state index in [0.717, 1.165) is 22.9 Å². The fraction of sp³-hybridized carbons (Fsp3) is 0.548. The Kier molecular flexibility index (Phi) is 12.3. The quantitative estimate of drug-likeness (QED) is 0.177. The van der Waals surface area contributed by atoms with E-state index in [1.165, 1.54) is 6.07 Å². The molecular formula is C31H48FN3O3S. The van der Waals surface area contributed by atoms with Crippen molar-refractivity contribution >= 4 is 38.6 Å². The Balaban J connectivity index is 0.00000260. The first-order valence-corrected chi connectivity index (χ1v) is 15.9. The van der Waals surface area contributed by atoms with Gasteiger partial charge in [-0.15, -0.1) is 10.3 Å². The van der Waals surface area contributed by atoms with Gasteiger partial charge in [0.1, 0.15) is 5.82 Å². The second kappa shape index (κ2) is 14.7. The number of hydrogen-bond acceptors (Lipinski definition) is 5. The SMILES string of the molecule is CC.CCOC(=O)c1c(Nc2ccc(C)cc2F)c2cnccc2n1CCCOS(C(C)C)(C(C)C)C(C)C. The Bertz CT molecular complexity index is 1200. The highest BCUT2D eigenvalue weighted by Gasteiger charge is 2.35. The van der Waals surface area contributed by atoms with Crippen LogP contribution in [0, 0.1) is 12.7 Å². The number of ether oxygens (including phenoxy) is 1. The summed E-state index contributed by atoms with van der Waals surface area (Å²) in [5.74, 6) is -0.843. The predicted molar refractivity (Wildman–Crippen MR) is 165 cm³/mol. The summed E-state index contributed by atoms with van der Waals surface area (Å²) in [5, 5.41) is 5.24. The van der Waals surface area contributed by atoms with Crippen molar-refractivity contribution in [1.82, 2.24) is 9.55 Å². The van der Waals surface area contributed by atoms with E-state index in [-0.39, 0.29) is 12.4 Å². The van der Waals surface area contributed by atoms with Crippen LogP contribution in [-0.2, 0) is 15.5 Å². The maximum absolute atomic E-state index is 14.8. The Morgan fingerprint density at radius 3 is 2.28 bits per heavy atom. The number of aryl methyl sites for hydroxylation is 2. The molecule has 6 nitrogen and oxygen atoms in total. The van der Waals surface area contributed by atoms with Crippen LogP contribution in [0.15, 0.2) is 36.7 Å². The monoisotopic (exact) mass is 561 g/mol. The second-order valence-electron chi connectivity index (χ2n) is 10.1. The minimum Gasteiger partial charge on any atom is -0.461 e. The van der Waals surface area contributed by atoms with Gasteiger partial charge >= 0.3 is 5.97 Å². The average Bonchev–Trinajstić information content (AvgIpc) is 3.19. The molecule has 0 fully saturated rings. The molecule has 0 amide bonds. The van der Waals surface area contributed by atoms with Crippen molar-refractivity contribution in [3.63, 3.8) is 0 Å². The molecule has 3 aromatic rings. The van der Waals surface area contributed by atoms with Gasteiger partial charge in [0.25, 0.3) is 0 Å². The molecule has 0 unspecified atom stereocenters. The molecule has 2 aromatic heterocycles. The number of carbonyl (C=O) groups excluding carboxylic acids is 1. The molecule has 1 N–H and O–H groups in total. The second-order valence-corrected chi connectivity index (χ2v) is 14.6. The summed E-state index contributed by atoms with van der Waals surface area (Å²) in [7, 11) is -1.29. The van der Waals surface area contributed by atoms with Gasteiger partial charge in [-0.1, -0.05) is 61.5 Å². The number of carbonyl (C=O) groups is 1. The highest BCUT2D eigenvalue weighted by molar-refractivity contribution is 8.31. The Labute approximate surface area is 236 Å². The Morgan fingerprint density at radius 1 is 1.08 bits per heavy atom. The molecule has 0 atom stereocenters. The van der Waals surface area contributed by atoms with Crippen LogP contribution >= 0.6 is 10.3 Å². The highest BCUT2D eigenvalue weighted by atomic mass is 32.3. The number of benzene rings is 1. The minimum atomic E-state index is -1.29. The molecule has 1 aromatic carbocycles. The number of nitrogens with one attached hydrogen (secondary N) is 1. The zero-order valence-electron chi connectivity index (χ0n) is 25.4. The molecule has 0 saturated heterocycles. The topological polar surface area (TPSA) is 65.4 Å². The van der Waals surface area contributed by atoms with Crippen molar-refractivity contribution < 1.29 is 18.1 Å². The molecule has 3 rings (SSSR count). The van der Waals surface area contributed by atoms with E-state index in [1.54, 1.807) is 25.4 Å². The molecular weight excluding hydrogens is 513 g/mol. The fourth-order valence-electron chi connectivity index (χ4n) is 5.29. The van der Waals surface area contributed by atoms with Gasteiger partial charge in [-0.2, -0.15) is 0 Å². The number of hydrogen-bond donors (Lipinski definition) is 1. The van der Waals surface area contributed by atoms with Crippen molar-refractivity contribution in [1.29, 1.82) is 0 Å². The van der Waals surface area contributed by atoms with Gasteiger partial charge in [0.15, 0.2) is 5.69 Å². The number of pyridine rings is 1. The van der Waals surface area contributed by atoms with Crippen LogP contribution in [0.5, 0.6) is 0 Å². The first kappa shape index (κ1) is 32.6. The van der Waals surface area contributed by atoms with Gasteiger partial charge in [0.05, 0.1) is 30.1 Å². The van der Waals surface area contributed by atoms with Gasteiger partial charge in [-0.25, -0.2) is 9.18 Å². The molecule has 8 heteroatoms. The van der Waals surface area contributed by atoms with Crippen LogP contribution < -0.4 is 5.32 Å². The van der Waals surface area contributed by atoms with Crippen molar-refractivity contribution in [3.8, 4) is 0 Å². The number of esters is 1. The first-order valence-electron chi connectivity index (χ1n) is 14.1. The summed E-state index contributed by atoms with van der Waals surface area (Å²) in [6.07, 6.45) is 4.12. The van der Waals surface area contributed by atoms with E-state index >= 15 is 0 Å². The molecule has 2 heterocycles. The lowest BCUT2D eigenvalue weighted by Crippen LogP contribution is -2.31. The maximum atomic E-state index is 14.8. The summed E-state index contributed by atoms with van der Waals surface area (Å²) in [5.41, 5.74) is 2.81. The number of fused-ring (bicyclic) bond motifs is 1. The van der Waals surface area contributed by atoms with Gasteiger partial charge < -0.3 is 18.8 Å². The molecule has 39 heavy (non-hydrogen) atoms. The third kappa shape index (κ3) is 7.14. The molecule has 218 valence electrons. The highest BCUT2D eigenvalue weighted by Crippen LogP contribution is 2.61. The zero-order chi connectivity index (χ0) is 29.3. The van der Waals surface area contributed by atoms with E-state index in [1.807, 2.05) is 37.5 Å². The number of nitrogens with zero attached hydrogens (tertiary/aromatic N) is 2. The van der Waals surface area contributed by atoms with Crippen LogP contribution in [0.4, 0.5) is 15.8 Å². The van der Waals surface area contributed by atoms with Crippen molar-refractivity contribution in [3.05, 3.63) is 53.7 Å². The number of halogens is 1. The predicted octanol–water partition coefficient (Wildman–Crippen LogP) is 8.78. The number of rotatable bonds is 12. The normalized spacial score (nSPS) is 12.2. The van der Waals surface area contributed by atoms with Crippen molar-refractivity contribution in [2.75, 3.05) is 18.5 Å². The third-order valence-corrected chi connectivity index (χ3v) is 11.7. The van der Waals surface area contributed by atoms with Gasteiger partial charge in [-0.3, -0.25) is 4.98 Å². The summed E-state index contributed by atoms with van der Waals surface area (Å²) >= 11 is 0. The van der Waals surface area contributed by atoms with E-state index in [4.69, 9.17) is 8.92 Å². The van der Waals surface area contributed by atoms with Crippen LogP contribution in [-0.4, -0.2) is 44.5 Å². The average molecular weight is 562 g/mol. The van der Waals surface area contributed by atoms with E-state index < -0.39 is 16.3 Å². The molecule has 0 aliphatic rings. The number of aromatic nitrogens is 2.